The lowest BCUT2D eigenvalue weighted by atomic mass is 10.2. The highest BCUT2D eigenvalue weighted by atomic mass is 32.1. The van der Waals surface area contributed by atoms with E-state index in [4.69, 9.17) is 0 Å². The van der Waals surface area contributed by atoms with Crippen LogP contribution in [0.1, 0.15) is 37.5 Å². The molecule has 0 N–H and O–H groups in total. The van der Waals surface area contributed by atoms with Gasteiger partial charge in [0, 0.05) is 37.0 Å². The Labute approximate surface area is 119 Å². The van der Waals surface area contributed by atoms with E-state index in [-0.39, 0.29) is 5.91 Å². The lowest BCUT2D eigenvalue weighted by molar-refractivity contribution is -0.130. The number of carbonyl (C=O) groups excluding carboxylic acids is 1. The molecule has 4 heteroatoms. The molecule has 1 atom stereocenters. The van der Waals surface area contributed by atoms with Gasteiger partial charge in [-0.25, -0.2) is 0 Å². The molecular formula is C15H22N2OS. The molecule has 1 aromatic rings. The summed E-state index contributed by atoms with van der Waals surface area (Å²) in [5, 5.41) is 2.15. The molecule has 2 fully saturated rings. The smallest absolute Gasteiger partial charge is 0.219 e. The highest BCUT2D eigenvalue weighted by Gasteiger charge is 2.35. The first kappa shape index (κ1) is 13.1. The number of hydrogen-bond donors (Lipinski definition) is 0. The average molecular weight is 278 g/mol. The van der Waals surface area contributed by atoms with Crippen LogP contribution in [0.15, 0.2) is 17.5 Å². The topological polar surface area (TPSA) is 23.6 Å². The van der Waals surface area contributed by atoms with Gasteiger partial charge in [0.25, 0.3) is 0 Å². The van der Waals surface area contributed by atoms with E-state index >= 15 is 0 Å². The maximum absolute atomic E-state index is 11.7. The van der Waals surface area contributed by atoms with Gasteiger partial charge in [-0.15, -0.1) is 11.3 Å². The van der Waals surface area contributed by atoms with Crippen LogP contribution in [0, 0.1) is 0 Å². The Morgan fingerprint density at radius 1 is 1.47 bits per heavy atom. The van der Waals surface area contributed by atoms with Crippen molar-refractivity contribution < 1.29 is 4.79 Å². The number of likely N-dealkylation sites (tertiary alicyclic amines) is 1. The molecule has 1 aliphatic carbocycles. The van der Waals surface area contributed by atoms with Crippen molar-refractivity contribution in [1.29, 1.82) is 0 Å². The molecule has 0 radical (unpaired) electrons. The van der Waals surface area contributed by atoms with Crippen LogP contribution < -0.4 is 0 Å². The van der Waals surface area contributed by atoms with Gasteiger partial charge in [0.05, 0.1) is 0 Å². The second-order valence-electron chi connectivity index (χ2n) is 5.75. The van der Waals surface area contributed by atoms with Gasteiger partial charge in [-0.1, -0.05) is 6.07 Å². The molecule has 1 saturated carbocycles. The van der Waals surface area contributed by atoms with E-state index in [2.05, 4.69) is 27.3 Å². The van der Waals surface area contributed by atoms with Gasteiger partial charge < -0.3 is 4.90 Å². The van der Waals surface area contributed by atoms with Gasteiger partial charge in [-0.2, -0.15) is 0 Å². The predicted molar refractivity (Wildman–Crippen MR) is 78.2 cm³/mol. The molecule has 3 rings (SSSR count). The number of rotatable bonds is 5. The summed E-state index contributed by atoms with van der Waals surface area (Å²) in [4.78, 5) is 17.9. The SMILES string of the molecule is CC(=O)N(CC1CCCN1Cc1cccs1)C1CC1. The summed E-state index contributed by atoms with van der Waals surface area (Å²) in [5.74, 6) is 0.255. The standard InChI is InChI=1S/C15H22N2OS/c1-12(18)17(13-6-7-13)10-14-4-2-8-16(14)11-15-5-3-9-19-15/h3,5,9,13-14H,2,4,6-8,10-11H2,1H3. The van der Waals surface area contributed by atoms with E-state index in [1.165, 1.54) is 37.1 Å². The van der Waals surface area contributed by atoms with E-state index in [0.717, 1.165) is 13.1 Å². The zero-order valence-electron chi connectivity index (χ0n) is 11.5. The van der Waals surface area contributed by atoms with Crippen molar-refractivity contribution in [2.24, 2.45) is 0 Å². The molecule has 1 saturated heterocycles. The van der Waals surface area contributed by atoms with Gasteiger partial charge in [0.1, 0.15) is 0 Å². The van der Waals surface area contributed by atoms with Crippen LogP contribution in [0.2, 0.25) is 0 Å². The van der Waals surface area contributed by atoms with Crippen LogP contribution in [-0.4, -0.2) is 40.9 Å². The van der Waals surface area contributed by atoms with E-state index in [1.807, 2.05) is 11.3 Å². The van der Waals surface area contributed by atoms with Gasteiger partial charge in [0.15, 0.2) is 0 Å². The van der Waals surface area contributed by atoms with Gasteiger partial charge >= 0.3 is 0 Å². The first-order valence-corrected chi connectivity index (χ1v) is 8.15. The summed E-state index contributed by atoms with van der Waals surface area (Å²) >= 11 is 1.83. The van der Waals surface area contributed by atoms with Crippen molar-refractivity contribution in [1.82, 2.24) is 9.80 Å². The minimum atomic E-state index is 0.255. The third-order valence-corrected chi connectivity index (χ3v) is 5.10. The number of amides is 1. The minimum Gasteiger partial charge on any atom is -0.338 e. The molecule has 1 amide bonds. The van der Waals surface area contributed by atoms with E-state index < -0.39 is 0 Å². The Bertz CT molecular complexity index is 427. The maximum Gasteiger partial charge on any atom is 0.219 e. The molecule has 1 aliphatic heterocycles. The minimum absolute atomic E-state index is 0.255. The number of nitrogens with zero attached hydrogens (tertiary/aromatic N) is 2. The first-order valence-electron chi connectivity index (χ1n) is 7.27. The Hall–Kier alpha value is -0.870. The Kier molecular flexibility index (Phi) is 3.89. The summed E-state index contributed by atoms with van der Waals surface area (Å²) in [6.07, 6.45) is 4.92. The lowest BCUT2D eigenvalue weighted by Gasteiger charge is -2.30. The molecule has 1 unspecified atom stereocenters. The molecule has 0 bridgehead atoms. The summed E-state index contributed by atoms with van der Waals surface area (Å²) in [6.45, 7) is 4.89. The fraction of sp³-hybridized carbons (Fsp3) is 0.667. The van der Waals surface area contributed by atoms with Crippen LogP contribution in [-0.2, 0) is 11.3 Å². The Balaban J connectivity index is 1.60. The van der Waals surface area contributed by atoms with Crippen molar-refractivity contribution in [3.63, 3.8) is 0 Å². The van der Waals surface area contributed by atoms with Crippen molar-refractivity contribution >= 4 is 17.2 Å². The third-order valence-electron chi connectivity index (χ3n) is 4.24. The van der Waals surface area contributed by atoms with Crippen LogP contribution in [0.3, 0.4) is 0 Å². The van der Waals surface area contributed by atoms with Crippen molar-refractivity contribution in [3.8, 4) is 0 Å². The summed E-state index contributed by atoms with van der Waals surface area (Å²) in [7, 11) is 0. The zero-order valence-corrected chi connectivity index (χ0v) is 12.4. The molecule has 2 heterocycles. The van der Waals surface area contributed by atoms with Crippen LogP contribution in [0.25, 0.3) is 0 Å². The molecule has 104 valence electrons. The zero-order chi connectivity index (χ0) is 13.2. The Morgan fingerprint density at radius 3 is 2.95 bits per heavy atom. The van der Waals surface area contributed by atoms with E-state index in [1.54, 1.807) is 6.92 Å². The second kappa shape index (κ2) is 5.63. The van der Waals surface area contributed by atoms with Crippen LogP contribution in [0.4, 0.5) is 0 Å². The fourth-order valence-corrected chi connectivity index (χ4v) is 3.79. The first-order chi connectivity index (χ1) is 9.24. The van der Waals surface area contributed by atoms with Crippen LogP contribution in [0.5, 0.6) is 0 Å². The quantitative estimate of drug-likeness (QED) is 0.827. The number of hydrogen-bond acceptors (Lipinski definition) is 3. The van der Waals surface area contributed by atoms with Gasteiger partial charge in [0.2, 0.25) is 5.91 Å². The van der Waals surface area contributed by atoms with Gasteiger partial charge in [-0.3, -0.25) is 9.69 Å². The van der Waals surface area contributed by atoms with E-state index in [0.29, 0.717) is 12.1 Å². The number of carbonyl (C=O) groups is 1. The second-order valence-corrected chi connectivity index (χ2v) is 6.78. The van der Waals surface area contributed by atoms with Crippen molar-refractivity contribution in [2.75, 3.05) is 13.1 Å². The average Bonchev–Trinajstić information content (AvgIpc) is 2.91. The summed E-state index contributed by atoms with van der Waals surface area (Å²) in [5.41, 5.74) is 0. The molecule has 1 aromatic heterocycles. The molecule has 19 heavy (non-hydrogen) atoms. The number of thiophene rings is 1. The lowest BCUT2D eigenvalue weighted by Crippen LogP contribution is -2.43. The normalized spacial score (nSPS) is 23.7. The maximum atomic E-state index is 11.7. The fourth-order valence-electron chi connectivity index (χ4n) is 3.06. The van der Waals surface area contributed by atoms with Crippen LogP contribution >= 0.6 is 11.3 Å². The molecule has 3 nitrogen and oxygen atoms in total. The summed E-state index contributed by atoms with van der Waals surface area (Å²) in [6, 6.07) is 5.44. The molecular weight excluding hydrogens is 256 g/mol. The molecule has 2 aliphatic rings. The highest BCUT2D eigenvalue weighted by molar-refractivity contribution is 7.09. The van der Waals surface area contributed by atoms with E-state index in [9.17, 15) is 4.79 Å². The highest BCUT2D eigenvalue weighted by Crippen LogP contribution is 2.30. The van der Waals surface area contributed by atoms with Crippen molar-refractivity contribution in [3.05, 3.63) is 22.4 Å². The van der Waals surface area contributed by atoms with Gasteiger partial charge in [-0.05, 0) is 43.7 Å². The molecule has 0 aromatic carbocycles. The third kappa shape index (κ3) is 3.18. The monoisotopic (exact) mass is 278 g/mol. The largest absolute Gasteiger partial charge is 0.338 e. The Morgan fingerprint density at radius 2 is 2.32 bits per heavy atom. The molecule has 0 spiro atoms. The van der Waals surface area contributed by atoms with Crippen molar-refractivity contribution in [2.45, 2.75) is 51.2 Å². The predicted octanol–water partition coefficient (Wildman–Crippen LogP) is 2.72. The summed E-state index contributed by atoms with van der Waals surface area (Å²) < 4.78 is 0.